The highest BCUT2D eigenvalue weighted by molar-refractivity contribution is 7.18. The number of hydrogen-bond acceptors (Lipinski definition) is 6. The lowest BCUT2D eigenvalue weighted by atomic mass is 10.2. The molecular weight excluding hydrogens is 410 g/mol. The summed E-state index contributed by atoms with van der Waals surface area (Å²) in [6.07, 6.45) is 0.809. The Morgan fingerprint density at radius 1 is 1.10 bits per heavy atom. The highest BCUT2D eigenvalue weighted by Crippen LogP contribution is 2.35. The molecule has 1 aliphatic rings. The van der Waals surface area contributed by atoms with Crippen LogP contribution in [0.2, 0.25) is 0 Å². The minimum absolute atomic E-state index is 0.0755. The van der Waals surface area contributed by atoms with Crippen LogP contribution >= 0.6 is 11.3 Å². The number of piperazine rings is 1. The van der Waals surface area contributed by atoms with Gasteiger partial charge in [0.15, 0.2) is 0 Å². The second kappa shape index (κ2) is 9.09. The Labute approximate surface area is 187 Å². The van der Waals surface area contributed by atoms with Gasteiger partial charge < -0.3 is 19.9 Å². The van der Waals surface area contributed by atoms with Crippen LogP contribution in [-0.2, 0) is 6.42 Å². The van der Waals surface area contributed by atoms with E-state index in [2.05, 4.69) is 31.0 Å². The summed E-state index contributed by atoms with van der Waals surface area (Å²) in [6, 6.07) is 7.39. The summed E-state index contributed by atoms with van der Waals surface area (Å²) in [6.45, 7) is 11.7. The van der Waals surface area contributed by atoms with Crippen molar-refractivity contribution in [2.75, 3.05) is 43.0 Å². The van der Waals surface area contributed by atoms with Gasteiger partial charge >= 0.3 is 6.03 Å². The first-order valence-corrected chi connectivity index (χ1v) is 11.6. The van der Waals surface area contributed by atoms with Crippen molar-refractivity contribution in [3.05, 3.63) is 40.5 Å². The van der Waals surface area contributed by atoms with Crippen LogP contribution in [0.1, 0.15) is 30.1 Å². The monoisotopic (exact) mass is 439 g/mol. The number of amides is 2. The van der Waals surface area contributed by atoms with Crippen molar-refractivity contribution < 1.29 is 9.53 Å². The SMILES string of the molecule is CCOc1ccc(NC(=O)N2CCN(c3nc(CC)nc4sc(C)c(C)c34)CC2)cc1. The van der Waals surface area contributed by atoms with Gasteiger partial charge in [-0.25, -0.2) is 14.8 Å². The van der Waals surface area contributed by atoms with E-state index in [0.29, 0.717) is 19.7 Å². The Bertz CT molecular complexity index is 1070. The summed E-state index contributed by atoms with van der Waals surface area (Å²) in [4.78, 5) is 28.8. The number of carbonyl (C=O) groups is 1. The average Bonchev–Trinajstić information content (AvgIpc) is 3.08. The topological polar surface area (TPSA) is 70.6 Å². The molecule has 2 aromatic heterocycles. The molecule has 3 aromatic rings. The number of benzene rings is 1. The Balaban J connectivity index is 1.44. The molecule has 1 fully saturated rings. The maximum absolute atomic E-state index is 12.7. The van der Waals surface area contributed by atoms with Crippen molar-refractivity contribution in [1.29, 1.82) is 0 Å². The van der Waals surface area contributed by atoms with Crippen molar-refractivity contribution in [3.8, 4) is 5.75 Å². The molecule has 8 heteroatoms. The molecule has 2 amide bonds. The first-order valence-electron chi connectivity index (χ1n) is 10.8. The van der Waals surface area contributed by atoms with Gasteiger partial charge in [0.25, 0.3) is 0 Å². The Kier molecular flexibility index (Phi) is 6.27. The van der Waals surface area contributed by atoms with Crippen LogP contribution in [0.15, 0.2) is 24.3 Å². The lowest BCUT2D eigenvalue weighted by Gasteiger charge is -2.35. The van der Waals surface area contributed by atoms with E-state index in [-0.39, 0.29) is 6.03 Å². The normalized spacial score (nSPS) is 14.2. The molecule has 3 heterocycles. The molecule has 1 aromatic carbocycles. The minimum atomic E-state index is -0.0755. The number of hydrogen-bond donors (Lipinski definition) is 1. The number of thiophene rings is 1. The lowest BCUT2D eigenvalue weighted by molar-refractivity contribution is 0.208. The fourth-order valence-electron chi connectivity index (χ4n) is 3.78. The third-order valence-electron chi connectivity index (χ3n) is 5.66. The van der Waals surface area contributed by atoms with Crippen molar-refractivity contribution in [3.63, 3.8) is 0 Å². The Morgan fingerprint density at radius 2 is 1.81 bits per heavy atom. The minimum Gasteiger partial charge on any atom is -0.494 e. The smallest absolute Gasteiger partial charge is 0.321 e. The number of anilines is 2. The number of aryl methyl sites for hydroxylation is 3. The van der Waals surface area contributed by atoms with Crippen LogP contribution in [0.4, 0.5) is 16.3 Å². The van der Waals surface area contributed by atoms with Crippen LogP contribution in [-0.4, -0.2) is 53.7 Å². The molecule has 1 saturated heterocycles. The zero-order chi connectivity index (χ0) is 22.0. The number of aromatic nitrogens is 2. The van der Waals surface area contributed by atoms with Gasteiger partial charge in [-0.1, -0.05) is 6.92 Å². The molecule has 0 unspecified atom stereocenters. The lowest BCUT2D eigenvalue weighted by Crippen LogP contribution is -2.50. The van der Waals surface area contributed by atoms with Crippen molar-refractivity contribution in [2.24, 2.45) is 0 Å². The van der Waals surface area contributed by atoms with Crippen LogP contribution in [0.3, 0.4) is 0 Å². The van der Waals surface area contributed by atoms with Crippen molar-refractivity contribution in [2.45, 2.75) is 34.1 Å². The summed E-state index contributed by atoms with van der Waals surface area (Å²) in [7, 11) is 0. The Hall–Kier alpha value is -2.87. The molecule has 1 aliphatic heterocycles. The molecule has 0 aliphatic carbocycles. The number of nitrogens with zero attached hydrogens (tertiary/aromatic N) is 4. The van der Waals surface area contributed by atoms with Gasteiger partial charge in [-0.15, -0.1) is 11.3 Å². The zero-order valence-corrected chi connectivity index (χ0v) is 19.4. The fraction of sp³-hybridized carbons (Fsp3) is 0.435. The van der Waals surface area contributed by atoms with E-state index in [4.69, 9.17) is 14.7 Å². The molecule has 0 saturated carbocycles. The summed E-state index contributed by atoms with van der Waals surface area (Å²) < 4.78 is 5.45. The first kappa shape index (κ1) is 21.4. The summed E-state index contributed by atoms with van der Waals surface area (Å²) in [5, 5.41) is 4.14. The molecule has 0 radical (unpaired) electrons. The van der Waals surface area contributed by atoms with E-state index < -0.39 is 0 Å². The standard InChI is InChI=1S/C23H29N5O2S/c1-5-19-25-21(20-15(3)16(4)31-22(20)26-19)27-11-13-28(14-12-27)23(29)24-17-7-9-18(10-8-17)30-6-2/h7-10H,5-6,11-14H2,1-4H3,(H,24,29). The number of urea groups is 1. The third-order valence-corrected chi connectivity index (χ3v) is 6.76. The molecule has 0 atom stereocenters. The molecule has 4 rings (SSSR count). The maximum Gasteiger partial charge on any atom is 0.321 e. The molecule has 0 spiro atoms. The van der Waals surface area contributed by atoms with Crippen LogP contribution in [0.5, 0.6) is 5.75 Å². The summed E-state index contributed by atoms with van der Waals surface area (Å²) in [5.74, 6) is 2.69. The second-order valence-corrected chi connectivity index (χ2v) is 8.85. The third kappa shape index (κ3) is 4.44. The maximum atomic E-state index is 12.7. The van der Waals surface area contributed by atoms with Crippen molar-refractivity contribution >= 4 is 39.1 Å². The summed E-state index contributed by atoms with van der Waals surface area (Å²) in [5.41, 5.74) is 2.03. The van der Waals surface area contributed by atoms with Crippen LogP contribution < -0.4 is 15.0 Å². The average molecular weight is 440 g/mol. The quantitative estimate of drug-likeness (QED) is 0.628. The molecular formula is C23H29N5O2S. The number of ether oxygens (including phenoxy) is 1. The molecule has 7 nitrogen and oxygen atoms in total. The van der Waals surface area contributed by atoms with Crippen LogP contribution in [0.25, 0.3) is 10.2 Å². The van der Waals surface area contributed by atoms with E-state index in [1.54, 1.807) is 11.3 Å². The van der Waals surface area contributed by atoms with Crippen LogP contribution in [0, 0.1) is 13.8 Å². The number of rotatable bonds is 5. The molecule has 31 heavy (non-hydrogen) atoms. The highest BCUT2D eigenvalue weighted by Gasteiger charge is 2.25. The largest absolute Gasteiger partial charge is 0.494 e. The Morgan fingerprint density at radius 3 is 2.45 bits per heavy atom. The summed E-state index contributed by atoms with van der Waals surface area (Å²) >= 11 is 1.74. The highest BCUT2D eigenvalue weighted by atomic mass is 32.1. The van der Waals surface area contributed by atoms with Gasteiger partial charge in [0, 0.05) is 43.2 Å². The predicted molar refractivity (Wildman–Crippen MR) is 127 cm³/mol. The van der Waals surface area contributed by atoms with Crippen molar-refractivity contribution in [1.82, 2.24) is 14.9 Å². The van der Waals surface area contributed by atoms with E-state index in [0.717, 1.165) is 52.8 Å². The fourth-order valence-corrected chi connectivity index (χ4v) is 4.83. The van der Waals surface area contributed by atoms with Gasteiger partial charge in [0.2, 0.25) is 0 Å². The number of carbonyl (C=O) groups excluding carboxylic acids is 1. The predicted octanol–water partition coefficient (Wildman–Crippen LogP) is 4.62. The van der Waals surface area contributed by atoms with E-state index in [1.807, 2.05) is 36.1 Å². The van der Waals surface area contributed by atoms with E-state index >= 15 is 0 Å². The zero-order valence-electron chi connectivity index (χ0n) is 18.6. The van der Waals surface area contributed by atoms with Gasteiger partial charge in [-0.3, -0.25) is 0 Å². The van der Waals surface area contributed by atoms with E-state index in [1.165, 1.54) is 10.4 Å². The van der Waals surface area contributed by atoms with Gasteiger partial charge in [0.05, 0.1) is 12.0 Å². The molecule has 164 valence electrons. The molecule has 0 bridgehead atoms. The second-order valence-electron chi connectivity index (χ2n) is 7.64. The van der Waals surface area contributed by atoms with Gasteiger partial charge in [-0.2, -0.15) is 0 Å². The first-order chi connectivity index (χ1) is 15.0. The number of fused-ring (bicyclic) bond motifs is 1. The van der Waals surface area contributed by atoms with Gasteiger partial charge in [-0.05, 0) is 50.6 Å². The number of nitrogens with one attached hydrogen (secondary N) is 1. The van der Waals surface area contributed by atoms with Gasteiger partial charge in [0.1, 0.15) is 22.2 Å². The van der Waals surface area contributed by atoms with E-state index in [9.17, 15) is 4.79 Å². The molecule has 1 N–H and O–H groups in total.